The van der Waals surface area contributed by atoms with Gasteiger partial charge in [0.25, 0.3) is 0 Å². The van der Waals surface area contributed by atoms with Crippen LogP contribution in [-0.2, 0) is 9.59 Å². The molecule has 0 aliphatic carbocycles. The smallest absolute Gasteiger partial charge is 0.227 e. The van der Waals surface area contributed by atoms with E-state index in [2.05, 4.69) is 15.5 Å². The Hall–Kier alpha value is -2.28. The number of hydrogen-bond acceptors (Lipinski definition) is 5. The molecule has 0 radical (unpaired) electrons. The Morgan fingerprint density at radius 2 is 2.04 bits per heavy atom. The average Bonchev–Trinajstić information content (AvgIpc) is 3.08. The number of nitrogens with zero attached hydrogens (tertiary/aromatic N) is 3. The summed E-state index contributed by atoms with van der Waals surface area (Å²) in [6.07, 6.45) is 1.95. The first-order chi connectivity index (χ1) is 12.1. The standard InChI is InChI=1S/C18H22N4O2S/c1-3-16(23)22-9-7-13(8-10-22)17(24)19-15-6-4-5-14(11-15)18-21-20-12(2)25-18/h4-6,11,13H,3,7-10H2,1-2H3,(H,19,24). The molecule has 2 aromatic rings. The van der Waals surface area contributed by atoms with Crippen LogP contribution in [0.4, 0.5) is 5.69 Å². The van der Waals surface area contributed by atoms with E-state index in [9.17, 15) is 9.59 Å². The third kappa shape index (κ3) is 4.22. The number of piperidine rings is 1. The Kier molecular flexibility index (Phi) is 5.43. The lowest BCUT2D eigenvalue weighted by molar-refractivity contribution is -0.134. The summed E-state index contributed by atoms with van der Waals surface area (Å²) in [5, 5.41) is 12.9. The van der Waals surface area contributed by atoms with Gasteiger partial charge in [-0.25, -0.2) is 0 Å². The van der Waals surface area contributed by atoms with Crippen LogP contribution in [0.2, 0.25) is 0 Å². The third-order valence-electron chi connectivity index (χ3n) is 4.42. The van der Waals surface area contributed by atoms with Gasteiger partial charge in [-0.1, -0.05) is 30.4 Å². The van der Waals surface area contributed by atoms with Crippen molar-refractivity contribution in [3.05, 3.63) is 29.3 Å². The van der Waals surface area contributed by atoms with Crippen LogP contribution in [0.15, 0.2) is 24.3 Å². The topological polar surface area (TPSA) is 75.2 Å². The molecule has 0 bridgehead atoms. The van der Waals surface area contributed by atoms with E-state index in [0.717, 1.165) is 21.3 Å². The van der Waals surface area contributed by atoms with E-state index in [1.165, 1.54) is 11.3 Å². The lowest BCUT2D eigenvalue weighted by atomic mass is 9.95. The number of nitrogens with one attached hydrogen (secondary N) is 1. The molecular formula is C18H22N4O2S. The van der Waals surface area contributed by atoms with Crippen molar-refractivity contribution < 1.29 is 9.59 Å². The minimum atomic E-state index is -0.0478. The van der Waals surface area contributed by atoms with Gasteiger partial charge in [0.05, 0.1) is 0 Å². The van der Waals surface area contributed by atoms with Crippen molar-refractivity contribution in [1.82, 2.24) is 15.1 Å². The lowest BCUT2D eigenvalue weighted by Crippen LogP contribution is -2.41. The van der Waals surface area contributed by atoms with E-state index in [1.807, 2.05) is 43.0 Å². The molecule has 0 unspecified atom stereocenters. The summed E-state index contributed by atoms with van der Waals surface area (Å²) in [6.45, 7) is 5.11. The summed E-state index contributed by atoms with van der Waals surface area (Å²) in [5.41, 5.74) is 1.72. The largest absolute Gasteiger partial charge is 0.343 e. The van der Waals surface area contributed by atoms with Crippen LogP contribution in [0, 0.1) is 12.8 Å². The first-order valence-corrected chi connectivity index (χ1v) is 9.37. The molecule has 7 heteroatoms. The molecule has 6 nitrogen and oxygen atoms in total. The molecule has 1 N–H and O–H groups in total. The molecule has 1 saturated heterocycles. The second-order valence-electron chi connectivity index (χ2n) is 6.20. The number of anilines is 1. The predicted octanol–water partition coefficient (Wildman–Crippen LogP) is 3.10. The maximum Gasteiger partial charge on any atom is 0.227 e. The van der Waals surface area contributed by atoms with Crippen LogP contribution in [-0.4, -0.2) is 40.0 Å². The van der Waals surface area contributed by atoms with Gasteiger partial charge in [-0.3, -0.25) is 9.59 Å². The molecule has 0 atom stereocenters. The second kappa shape index (κ2) is 7.74. The number of carbonyl (C=O) groups excluding carboxylic acids is 2. The molecule has 132 valence electrons. The van der Waals surface area contributed by atoms with Gasteiger partial charge in [-0.15, -0.1) is 10.2 Å². The first kappa shape index (κ1) is 17.5. The Morgan fingerprint density at radius 1 is 1.28 bits per heavy atom. The van der Waals surface area contributed by atoms with Crippen LogP contribution in [0.25, 0.3) is 10.6 Å². The molecule has 1 aromatic heterocycles. The van der Waals surface area contributed by atoms with Crippen LogP contribution in [0.3, 0.4) is 0 Å². The van der Waals surface area contributed by atoms with Gasteiger partial charge in [0.1, 0.15) is 10.0 Å². The normalized spacial score (nSPS) is 15.2. The van der Waals surface area contributed by atoms with E-state index >= 15 is 0 Å². The summed E-state index contributed by atoms with van der Waals surface area (Å²) in [5.74, 6) is 0.140. The molecule has 0 spiro atoms. The minimum Gasteiger partial charge on any atom is -0.343 e. The van der Waals surface area contributed by atoms with Crippen molar-refractivity contribution in [3.8, 4) is 10.6 Å². The van der Waals surface area contributed by atoms with Crippen molar-refractivity contribution in [2.45, 2.75) is 33.1 Å². The SMILES string of the molecule is CCC(=O)N1CCC(C(=O)Nc2cccc(-c3nnc(C)s3)c2)CC1. The van der Waals surface area contributed by atoms with Gasteiger partial charge in [-0.2, -0.15) is 0 Å². The summed E-state index contributed by atoms with van der Waals surface area (Å²) in [6, 6.07) is 7.67. The van der Waals surface area contributed by atoms with Crippen LogP contribution in [0.5, 0.6) is 0 Å². The molecule has 1 aliphatic rings. The van der Waals surface area contributed by atoms with Crippen molar-refractivity contribution in [3.63, 3.8) is 0 Å². The van der Waals surface area contributed by atoms with Crippen molar-refractivity contribution in [2.75, 3.05) is 18.4 Å². The zero-order chi connectivity index (χ0) is 17.8. The number of carbonyl (C=O) groups is 2. The average molecular weight is 358 g/mol. The number of likely N-dealkylation sites (tertiary alicyclic amines) is 1. The highest BCUT2D eigenvalue weighted by Gasteiger charge is 2.26. The quantitative estimate of drug-likeness (QED) is 0.911. The van der Waals surface area contributed by atoms with Gasteiger partial charge < -0.3 is 10.2 Å². The Morgan fingerprint density at radius 3 is 2.68 bits per heavy atom. The second-order valence-corrected chi connectivity index (χ2v) is 7.39. The molecule has 1 fully saturated rings. The molecule has 1 aliphatic heterocycles. The summed E-state index contributed by atoms with van der Waals surface area (Å²) < 4.78 is 0. The van der Waals surface area contributed by atoms with Gasteiger partial charge in [-0.05, 0) is 31.9 Å². The van der Waals surface area contributed by atoms with Gasteiger partial charge in [0.2, 0.25) is 11.8 Å². The number of benzene rings is 1. The molecular weight excluding hydrogens is 336 g/mol. The fourth-order valence-electron chi connectivity index (χ4n) is 3.00. The number of aryl methyl sites for hydroxylation is 1. The summed E-state index contributed by atoms with van der Waals surface area (Å²) in [4.78, 5) is 26.1. The Balaban J connectivity index is 1.61. The zero-order valence-electron chi connectivity index (χ0n) is 14.5. The maximum atomic E-state index is 12.5. The van der Waals surface area contributed by atoms with E-state index in [1.54, 1.807) is 0 Å². The van der Waals surface area contributed by atoms with Crippen molar-refractivity contribution in [2.24, 2.45) is 5.92 Å². The fraction of sp³-hybridized carbons (Fsp3) is 0.444. The van der Waals surface area contributed by atoms with Gasteiger partial charge >= 0.3 is 0 Å². The highest BCUT2D eigenvalue weighted by Crippen LogP contribution is 2.26. The first-order valence-electron chi connectivity index (χ1n) is 8.56. The van der Waals surface area contributed by atoms with E-state index in [0.29, 0.717) is 32.4 Å². The van der Waals surface area contributed by atoms with Gasteiger partial charge in [0.15, 0.2) is 0 Å². The minimum absolute atomic E-state index is 0.0224. The fourth-order valence-corrected chi connectivity index (χ4v) is 3.69. The van der Waals surface area contributed by atoms with E-state index in [-0.39, 0.29) is 17.7 Å². The number of hydrogen-bond donors (Lipinski definition) is 1. The highest BCUT2D eigenvalue weighted by molar-refractivity contribution is 7.14. The number of aromatic nitrogens is 2. The molecule has 3 rings (SSSR count). The molecule has 2 amide bonds. The molecule has 0 saturated carbocycles. The number of rotatable bonds is 4. The third-order valence-corrected chi connectivity index (χ3v) is 5.31. The lowest BCUT2D eigenvalue weighted by Gasteiger charge is -2.31. The van der Waals surface area contributed by atoms with Crippen LogP contribution < -0.4 is 5.32 Å². The van der Waals surface area contributed by atoms with Crippen LogP contribution >= 0.6 is 11.3 Å². The molecule has 2 heterocycles. The van der Waals surface area contributed by atoms with Gasteiger partial charge in [0, 0.05) is 36.7 Å². The maximum absolute atomic E-state index is 12.5. The van der Waals surface area contributed by atoms with E-state index < -0.39 is 0 Å². The molecule has 25 heavy (non-hydrogen) atoms. The Bertz CT molecular complexity index is 766. The zero-order valence-corrected chi connectivity index (χ0v) is 15.3. The van der Waals surface area contributed by atoms with E-state index in [4.69, 9.17) is 0 Å². The molecule has 1 aromatic carbocycles. The summed E-state index contributed by atoms with van der Waals surface area (Å²) >= 11 is 1.53. The Labute approximate surface area is 151 Å². The van der Waals surface area contributed by atoms with Crippen molar-refractivity contribution in [1.29, 1.82) is 0 Å². The van der Waals surface area contributed by atoms with Crippen molar-refractivity contribution >= 4 is 28.8 Å². The predicted molar refractivity (Wildman–Crippen MR) is 98.3 cm³/mol. The monoisotopic (exact) mass is 358 g/mol. The summed E-state index contributed by atoms with van der Waals surface area (Å²) in [7, 11) is 0. The van der Waals surface area contributed by atoms with Crippen LogP contribution in [0.1, 0.15) is 31.2 Å². The number of amides is 2. The highest BCUT2D eigenvalue weighted by atomic mass is 32.1.